The summed E-state index contributed by atoms with van der Waals surface area (Å²) in [5.74, 6) is 1.06. The van der Waals surface area contributed by atoms with Gasteiger partial charge in [0.25, 0.3) is 0 Å². The molecule has 0 bridgehead atoms. The summed E-state index contributed by atoms with van der Waals surface area (Å²) >= 11 is 5.98. The first kappa shape index (κ1) is 14.1. The number of nitrogens with zero attached hydrogens (tertiary/aromatic N) is 2. The summed E-state index contributed by atoms with van der Waals surface area (Å²) in [6, 6.07) is 6.86. The van der Waals surface area contributed by atoms with Crippen molar-refractivity contribution < 1.29 is 9.94 Å². The van der Waals surface area contributed by atoms with Crippen LogP contribution in [0.1, 0.15) is 16.7 Å². The van der Waals surface area contributed by atoms with Crippen molar-refractivity contribution in [1.82, 2.24) is 4.98 Å². The number of hydrogen-bond acceptors (Lipinski definition) is 4. The van der Waals surface area contributed by atoms with Crippen molar-refractivity contribution in [2.45, 2.75) is 13.8 Å². The third-order valence-corrected chi connectivity index (χ3v) is 2.99. The zero-order valence-electron chi connectivity index (χ0n) is 11.1. The number of aromatic nitrogens is 1. The normalized spacial score (nSPS) is 11.4. The van der Waals surface area contributed by atoms with E-state index in [0.29, 0.717) is 22.2 Å². The highest BCUT2D eigenvalue weighted by Gasteiger charge is 2.09. The molecule has 5 nitrogen and oxygen atoms in total. The molecular formula is C14H14ClN3O2. The molecule has 1 aromatic carbocycles. The number of amidine groups is 1. The van der Waals surface area contributed by atoms with Gasteiger partial charge in [0.15, 0.2) is 5.84 Å². The highest BCUT2D eigenvalue weighted by atomic mass is 35.5. The van der Waals surface area contributed by atoms with Crippen LogP contribution in [-0.2, 0) is 0 Å². The van der Waals surface area contributed by atoms with Gasteiger partial charge >= 0.3 is 0 Å². The summed E-state index contributed by atoms with van der Waals surface area (Å²) in [6.45, 7) is 3.81. The van der Waals surface area contributed by atoms with E-state index in [0.717, 1.165) is 11.1 Å². The fourth-order valence-electron chi connectivity index (χ4n) is 1.85. The molecule has 0 aliphatic rings. The van der Waals surface area contributed by atoms with Crippen LogP contribution < -0.4 is 10.5 Å². The SMILES string of the molecule is Cc1cc(Cl)cc(C)c1Oc1cc(/C(N)=N/O)ccn1. The van der Waals surface area contributed by atoms with Gasteiger partial charge in [0, 0.05) is 22.8 Å². The van der Waals surface area contributed by atoms with Crippen LogP contribution in [0.15, 0.2) is 35.6 Å². The van der Waals surface area contributed by atoms with E-state index in [1.54, 1.807) is 12.1 Å². The lowest BCUT2D eigenvalue weighted by molar-refractivity contribution is 0.318. The van der Waals surface area contributed by atoms with Gasteiger partial charge in [-0.3, -0.25) is 0 Å². The lowest BCUT2D eigenvalue weighted by Crippen LogP contribution is -2.13. The molecule has 0 aliphatic carbocycles. The van der Waals surface area contributed by atoms with Crippen LogP contribution in [0.5, 0.6) is 11.6 Å². The zero-order chi connectivity index (χ0) is 14.7. The van der Waals surface area contributed by atoms with Crippen molar-refractivity contribution >= 4 is 17.4 Å². The van der Waals surface area contributed by atoms with Crippen molar-refractivity contribution in [1.29, 1.82) is 0 Å². The van der Waals surface area contributed by atoms with E-state index in [1.807, 2.05) is 26.0 Å². The van der Waals surface area contributed by atoms with Crippen LogP contribution in [0.3, 0.4) is 0 Å². The Morgan fingerprint density at radius 2 is 1.95 bits per heavy atom. The quantitative estimate of drug-likeness (QED) is 0.394. The molecule has 0 saturated heterocycles. The minimum absolute atomic E-state index is 0.00167. The fraction of sp³-hybridized carbons (Fsp3) is 0.143. The number of aryl methyl sites for hydroxylation is 2. The van der Waals surface area contributed by atoms with E-state index >= 15 is 0 Å². The summed E-state index contributed by atoms with van der Waals surface area (Å²) in [6.07, 6.45) is 1.53. The molecular weight excluding hydrogens is 278 g/mol. The average molecular weight is 292 g/mol. The van der Waals surface area contributed by atoms with E-state index < -0.39 is 0 Å². The first-order valence-electron chi connectivity index (χ1n) is 5.90. The summed E-state index contributed by atoms with van der Waals surface area (Å²) in [7, 11) is 0. The van der Waals surface area contributed by atoms with E-state index in [9.17, 15) is 0 Å². The molecule has 0 spiro atoms. The van der Waals surface area contributed by atoms with Crippen LogP contribution in [-0.4, -0.2) is 16.0 Å². The first-order valence-corrected chi connectivity index (χ1v) is 6.27. The summed E-state index contributed by atoms with van der Waals surface area (Å²) in [4.78, 5) is 4.11. The maximum absolute atomic E-state index is 8.67. The Morgan fingerprint density at radius 1 is 1.30 bits per heavy atom. The topological polar surface area (TPSA) is 80.7 Å². The van der Waals surface area contributed by atoms with Crippen LogP contribution in [0.4, 0.5) is 0 Å². The van der Waals surface area contributed by atoms with Gasteiger partial charge in [0.1, 0.15) is 5.75 Å². The Labute approximate surface area is 121 Å². The van der Waals surface area contributed by atoms with E-state index in [2.05, 4.69) is 10.1 Å². The van der Waals surface area contributed by atoms with Crippen LogP contribution in [0.2, 0.25) is 5.02 Å². The third kappa shape index (κ3) is 3.00. The molecule has 6 heteroatoms. The Bertz CT molecular complexity index is 648. The molecule has 1 aromatic heterocycles. The largest absolute Gasteiger partial charge is 0.438 e. The molecule has 1 heterocycles. The van der Waals surface area contributed by atoms with Crippen molar-refractivity contribution in [3.05, 3.63) is 52.2 Å². The number of ether oxygens (including phenoxy) is 1. The second-order valence-electron chi connectivity index (χ2n) is 4.34. The Balaban J connectivity index is 2.36. The summed E-state index contributed by atoms with van der Waals surface area (Å²) < 4.78 is 5.77. The van der Waals surface area contributed by atoms with Gasteiger partial charge in [-0.1, -0.05) is 16.8 Å². The number of benzene rings is 1. The first-order chi connectivity index (χ1) is 9.51. The van der Waals surface area contributed by atoms with Crippen molar-refractivity contribution in [3.63, 3.8) is 0 Å². The zero-order valence-corrected chi connectivity index (χ0v) is 11.8. The molecule has 0 radical (unpaired) electrons. The van der Waals surface area contributed by atoms with Crippen LogP contribution in [0.25, 0.3) is 0 Å². The Hall–Kier alpha value is -2.27. The van der Waals surface area contributed by atoms with Gasteiger partial charge < -0.3 is 15.7 Å². The highest BCUT2D eigenvalue weighted by molar-refractivity contribution is 6.30. The van der Waals surface area contributed by atoms with Crippen LogP contribution >= 0.6 is 11.6 Å². The maximum Gasteiger partial charge on any atom is 0.219 e. The molecule has 3 N–H and O–H groups in total. The highest BCUT2D eigenvalue weighted by Crippen LogP contribution is 2.30. The fourth-order valence-corrected chi connectivity index (χ4v) is 2.17. The third-order valence-electron chi connectivity index (χ3n) is 2.77. The Morgan fingerprint density at radius 3 is 2.55 bits per heavy atom. The molecule has 0 amide bonds. The van der Waals surface area contributed by atoms with Crippen molar-refractivity contribution in [2.75, 3.05) is 0 Å². The van der Waals surface area contributed by atoms with E-state index in [1.165, 1.54) is 6.20 Å². The minimum atomic E-state index is 0.00167. The average Bonchev–Trinajstić information content (AvgIpc) is 2.42. The van der Waals surface area contributed by atoms with Crippen LogP contribution in [0, 0.1) is 13.8 Å². The van der Waals surface area contributed by atoms with Gasteiger partial charge in [0.05, 0.1) is 0 Å². The van der Waals surface area contributed by atoms with Crippen molar-refractivity contribution in [2.24, 2.45) is 10.9 Å². The van der Waals surface area contributed by atoms with E-state index in [4.69, 9.17) is 27.3 Å². The van der Waals surface area contributed by atoms with Gasteiger partial charge in [-0.2, -0.15) is 0 Å². The van der Waals surface area contributed by atoms with Gasteiger partial charge in [-0.05, 0) is 43.2 Å². The molecule has 2 rings (SSSR count). The smallest absolute Gasteiger partial charge is 0.219 e. The summed E-state index contributed by atoms with van der Waals surface area (Å²) in [5, 5.41) is 12.3. The van der Waals surface area contributed by atoms with Gasteiger partial charge in [-0.25, -0.2) is 4.98 Å². The van der Waals surface area contributed by atoms with E-state index in [-0.39, 0.29) is 5.84 Å². The summed E-state index contributed by atoms with van der Waals surface area (Å²) in [5.41, 5.74) is 7.88. The lowest BCUT2D eigenvalue weighted by Gasteiger charge is -2.12. The monoisotopic (exact) mass is 291 g/mol. The molecule has 20 heavy (non-hydrogen) atoms. The molecule has 0 atom stereocenters. The molecule has 0 aliphatic heterocycles. The predicted octanol–water partition coefficient (Wildman–Crippen LogP) is 3.24. The number of oxime groups is 1. The molecule has 0 unspecified atom stereocenters. The van der Waals surface area contributed by atoms with Crippen molar-refractivity contribution in [3.8, 4) is 11.6 Å². The maximum atomic E-state index is 8.67. The number of halogens is 1. The molecule has 0 saturated carbocycles. The number of rotatable bonds is 3. The molecule has 2 aromatic rings. The standard InChI is InChI=1S/C14H14ClN3O2/c1-8-5-11(15)6-9(2)13(8)20-12-7-10(3-4-17-12)14(16)18-19/h3-7,19H,1-2H3,(H2,16,18). The number of pyridine rings is 1. The lowest BCUT2D eigenvalue weighted by atomic mass is 10.1. The number of nitrogens with two attached hydrogens (primary N) is 1. The number of hydrogen-bond donors (Lipinski definition) is 2. The predicted molar refractivity (Wildman–Crippen MR) is 77.7 cm³/mol. The van der Waals surface area contributed by atoms with Gasteiger partial charge in [0.2, 0.25) is 5.88 Å². The second kappa shape index (κ2) is 5.79. The Kier molecular flexibility index (Phi) is 4.10. The minimum Gasteiger partial charge on any atom is -0.438 e. The second-order valence-corrected chi connectivity index (χ2v) is 4.78. The van der Waals surface area contributed by atoms with Gasteiger partial charge in [-0.15, -0.1) is 0 Å². The molecule has 104 valence electrons. The molecule has 0 fully saturated rings.